The number of benzene rings is 1. The first-order chi connectivity index (χ1) is 9.61. The van der Waals surface area contributed by atoms with E-state index >= 15 is 0 Å². The van der Waals surface area contributed by atoms with Gasteiger partial charge in [-0.3, -0.25) is 4.68 Å². The summed E-state index contributed by atoms with van der Waals surface area (Å²) in [5.41, 5.74) is 9.12. The maximum absolute atomic E-state index is 6.13. The fourth-order valence-electron chi connectivity index (χ4n) is 2.20. The number of aromatic nitrogens is 2. The molecule has 0 saturated carbocycles. The van der Waals surface area contributed by atoms with E-state index < -0.39 is 0 Å². The Kier molecular flexibility index (Phi) is 4.90. The monoisotopic (exact) mass is 292 g/mol. The Balaban J connectivity index is 1.95. The van der Waals surface area contributed by atoms with E-state index in [4.69, 9.17) is 17.3 Å². The number of halogens is 1. The van der Waals surface area contributed by atoms with E-state index in [0.29, 0.717) is 0 Å². The van der Waals surface area contributed by atoms with Gasteiger partial charge < -0.3 is 11.1 Å². The molecule has 0 bridgehead atoms. The van der Waals surface area contributed by atoms with Crippen LogP contribution in [0.5, 0.6) is 0 Å². The Bertz CT molecular complexity index is 560. The van der Waals surface area contributed by atoms with Gasteiger partial charge in [0.2, 0.25) is 0 Å². The zero-order valence-electron chi connectivity index (χ0n) is 12.0. The minimum atomic E-state index is 0.766. The number of anilines is 2. The van der Waals surface area contributed by atoms with E-state index in [1.165, 1.54) is 5.56 Å². The lowest BCUT2D eigenvalue weighted by atomic mass is 10.1. The molecule has 0 spiro atoms. The van der Waals surface area contributed by atoms with Crippen LogP contribution in [0.2, 0.25) is 5.02 Å². The first-order valence-corrected chi connectivity index (χ1v) is 7.29. The van der Waals surface area contributed by atoms with Crippen molar-refractivity contribution >= 4 is 23.1 Å². The van der Waals surface area contributed by atoms with Crippen LogP contribution < -0.4 is 11.1 Å². The van der Waals surface area contributed by atoms with Crippen molar-refractivity contribution in [2.24, 2.45) is 7.05 Å². The second-order valence-corrected chi connectivity index (χ2v) is 5.32. The quantitative estimate of drug-likeness (QED) is 0.859. The van der Waals surface area contributed by atoms with E-state index in [9.17, 15) is 0 Å². The maximum Gasteiger partial charge on any atom is 0.147 e. The van der Waals surface area contributed by atoms with Gasteiger partial charge in [0.25, 0.3) is 0 Å². The highest BCUT2D eigenvalue weighted by Crippen LogP contribution is 2.23. The summed E-state index contributed by atoms with van der Waals surface area (Å²) in [5.74, 6) is 0.905. The Hall–Kier alpha value is -1.68. The van der Waals surface area contributed by atoms with Gasteiger partial charge in [-0.15, -0.1) is 0 Å². The van der Waals surface area contributed by atoms with E-state index in [0.717, 1.165) is 48.0 Å². The van der Waals surface area contributed by atoms with Crippen LogP contribution in [-0.4, -0.2) is 16.3 Å². The molecule has 2 aromatic rings. The molecule has 0 aliphatic carbocycles. The lowest BCUT2D eigenvalue weighted by Crippen LogP contribution is -2.10. The molecule has 0 fully saturated rings. The average molecular weight is 293 g/mol. The molecular weight excluding hydrogens is 272 g/mol. The van der Waals surface area contributed by atoms with E-state index in [-0.39, 0.29) is 0 Å². The predicted molar refractivity (Wildman–Crippen MR) is 85.3 cm³/mol. The normalized spacial score (nSPS) is 10.8. The van der Waals surface area contributed by atoms with Crippen LogP contribution in [0, 0.1) is 0 Å². The van der Waals surface area contributed by atoms with Crippen LogP contribution in [-0.2, 0) is 19.9 Å². The highest BCUT2D eigenvalue weighted by atomic mass is 35.5. The fraction of sp³-hybridized carbons (Fsp3) is 0.400. The number of aryl methyl sites for hydroxylation is 2. The SMILES string of the molecule is CCCc1nn(C)c(NCCc2ccc(Cl)cc2)c1N. The average Bonchev–Trinajstić information content (AvgIpc) is 2.69. The van der Waals surface area contributed by atoms with Crippen molar-refractivity contribution in [2.45, 2.75) is 26.2 Å². The van der Waals surface area contributed by atoms with Gasteiger partial charge in [0, 0.05) is 18.6 Å². The number of nitrogens with one attached hydrogen (secondary N) is 1. The van der Waals surface area contributed by atoms with E-state index in [1.54, 1.807) is 0 Å². The molecule has 0 saturated heterocycles. The molecule has 108 valence electrons. The standard InChI is InChI=1S/C15H21ClN4/c1-3-4-13-14(17)15(20(2)19-13)18-10-9-11-5-7-12(16)8-6-11/h5-8,18H,3-4,9-10,17H2,1-2H3. The molecular formula is C15H21ClN4. The van der Waals surface area contributed by atoms with Crippen molar-refractivity contribution in [1.29, 1.82) is 0 Å². The summed E-state index contributed by atoms with van der Waals surface area (Å²) in [6.45, 7) is 2.94. The van der Waals surface area contributed by atoms with Crippen LogP contribution in [0.25, 0.3) is 0 Å². The van der Waals surface area contributed by atoms with Crippen LogP contribution in [0.1, 0.15) is 24.6 Å². The topological polar surface area (TPSA) is 55.9 Å². The Morgan fingerprint density at radius 3 is 2.60 bits per heavy atom. The molecule has 0 aliphatic heterocycles. The van der Waals surface area contributed by atoms with Gasteiger partial charge in [-0.25, -0.2) is 0 Å². The van der Waals surface area contributed by atoms with E-state index in [1.807, 2.05) is 36.0 Å². The lowest BCUT2D eigenvalue weighted by molar-refractivity contribution is 0.734. The third-order valence-electron chi connectivity index (χ3n) is 3.27. The Morgan fingerprint density at radius 2 is 1.95 bits per heavy atom. The van der Waals surface area contributed by atoms with Crippen molar-refractivity contribution in [3.63, 3.8) is 0 Å². The minimum Gasteiger partial charge on any atom is -0.394 e. The lowest BCUT2D eigenvalue weighted by Gasteiger charge is -2.08. The molecule has 20 heavy (non-hydrogen) atoms. The zero-order chi connectivity index (χ0) is 14.5. The molecule has 2 rings (SSSR count). The summed E-state index contributed by atoms with van der Waals surface area (Å²) in [5, 5.41) is 8.58. The van der Waals surface area contributed by atoms with Gasteiger partial charge in [0.15, 0.2) is 0 Å². The molecule has 0 radical (unpaired) electrons. The van der Waals surface area contributed by atoms with Crippen LogP contribution in [0.15, 0.2) is 24.3 Å². The third kappa shape index (κ3) is 3.45. The molecule has 1 heterocycles. The zero-order valence-corrected chi connectivity index (χ0v) is 12.7. The van der Waals surface area contributed by atoms with Crippen molar-refractivity contribution in [2.75, 3.05) is 17.6 Å². The summed E-state index contributed by atoms with van der Waals surface area (Å²) >= 11 is 5.87. The Morgan fingerprint density at radius 1 is 1.25 bits per heavy atom. The molecule has 1 aromatic carbocycles. The van der Waals surface area contributed by atoms with Gasteiger partial charge in [0.1, 0.15) is 5.82 Å². The van der Waals surface area contributed by atoms with Crippen molar-refractivity contribution in [3.8, 4) is 0 Å². The molecule has 3 N–H and O–H groups in total. The maximum atomic E-state index is 6.13. The molecule has 0 amide bonds. The summed E-state index contributed by atoms with van der Waals surface area (Å²) in [7, 11) is 1.92. The Labute approximate surface area is 124 Å². The predicted octanol–water partition coefficient (Wildman–Crippen LogP) is 3.26. The van der Waals surface area contributed by atoms with Gasteiger partial charge in [-0.1, -0.05) is 37.1 Å². The number of hydrogen-bond donors (Lipinski definition) is 2. The van der Waals surface area contributed by atoms with Crippen molar-refractivity contribution < 1.29 is 0 Å². The highest BCUT2D eigenvalue weighted by molar-refractivity contribution is 6.30. The van der Waals surface area contributed by atoms with Crippen LogP contribution in [0.4, 0.5) is 11.5 Å². The van der Waals surface area contributed by atoms with Gasteiger partial charge in [0.05, 0.1) is 11.4 Å². The third-order valence-corrected chi connectivity index (χ3v) is 3.52. The summed E-state index contributed by atoms with van der Waals surface area (Å²) < 4.78 is 1.82. The van der Waals surface area contributed by atoms with Crippen molar-refractivity contribution in [1.82, 2.24) is 9.78 Å². The summed E-state index contributed by atoms with van der Waals surface area (Å²) in [6.07, 6.45) is 2.88. The summed E-state index contributed by atoms with van der Waals surface area (Å²) in [6, 6.07) is 7.90. The number of nitrogen functional groups attached to an aromatic ring is 1. The molecule has 1 aromatic heterocycles. The molecule has 0 unspecified atom stereocenters. The second kappa shape index (κ2) is 6.66. The van der Waals surface area contributed by atoms with Gasteiger partial charge >= 0.3 is 0 Å². The highest BCUT2D eigenvalue weighted by Gasteiger charge is 2.11. The number of nitrogens with zero attached hydrogens (tertiary/aromatic N) is 2. The van der Waals surface area contributed by atoms with E-state index in [2.05, 4.69) is 17.3 Å². The largest absolute Gasteiger partial charge is 0.394 e. The molecule has 0 aliphatic rings. The fourth-order valence-corrected chi connectivity index (χ4v) is 2.33. The molecule has 5 heteroatoms. The van der Waals surface area contributed by atoms with Gasteiger partial charge in [-0.2, -0.15) is 5.10 Å². The smallest absolute Gasteiger partial charge is 0.147 e. The second-order valence-electron chi connectivity index (χ2n) is 4.89. The first-order valence-electron chi connectivity index (χ1n) is 6.91. The minimum absolute atomic E-state index is 0.766. The van der Waals surface area contributed by atoms with Crippen LogP contribution in [0.3, 0.4) is 0 Å². The molecule has 0 atom stereocenters. The summed E-state index contributed by atoms with van der Waals surface area (Å²) in [4.78, 5) is 0. The number of nitrogens with two attached hydrogens (primary N) is 1. The number of hydrogen-bond acceptors (Lipinski definition) is 3. The van der Waals surface area contributed by atoms with Gasteiger partial charge in [-0.05, 0) is 30.5 Å². The number of rotatable bonds is 6. The van der Waals surface area contributed by atoms with Crippen molar-refractivity contribution in [3.05, 3.63) is 40.5 Å². The molecule has 4 nitrogen and oxygen atoms in total. The van der Waals surface area contributed by atoms with Crippen LogP contribution >= 0.6 is 11.6 Å². The first kappa shape index (κ1) is 14.7.